The standard InChI is InChI=1S/C14H15N3O3/c1-20-14-6-12(5-13(7-14)17(18)19)10-16-9-11-3-2-4-15-8-11/h2-8,16H,9-10H2,1H3. The van der Waals surface area contributed by atoms with Crippen LogP contribution in [-0.2, 0) is 13.1 Å². The predicted octanol–water partition coefficient (Wildman–Crippen LogP) is 2.29. The van der Waals surface area contributed by atoms with E-state index in [0.29, 0.717) is 18.8 Å². The summed E-state index contributed by atoms with van der Waals surface area (Å²) >= 11 is 0. The SMILES string of the molecule is COc1cc(CNCc2cccnc2)cc([N+](=O)[O-])c1. The third-order valence-corrected chi connectivity index (χ3v) is 2.78. The van der Waals surface area contributed by atoms with Gasteiger partial charge in [0.15, 0.2) is 0 Å². The minimum Gasteiger partial charge on any atom is -0.496 e. The maximum Gasteiger partial charge on any atom is 0.273 e. The van der Waals surface area contributed by atoms with E-state index in [1.807, 2.05) is 12.1 Å². The smallest absolute Gasteiger partial charge is 0.273 e. The molecular formula is C14H15N3O3. The van der Waals surface area contributed by atoms with Gasteiger partial charge in [0, 0.05) is 31.5 Å². The van der Waals surface area contributed by atoms with Gasteiger partial charge in [-0.2, -0.15) is 0 Å². The number of rotatable bonds is 6. The van der Waals surface area contributed by atoms with Crippen LogP contribution in [0.1, 0.15) is 11.1 Å². The van der Waals surface area contributed by atoms with E-state index in [0.717, 1.165) is 11.1 Å². The first-order valence-corrected chi connectivity index (χ1v) is 6.11. The van der Waals surface area contributed by atoms with Gasteiger partial charge in [-0.1, -0.05) is 6.07 Å². The van der Waals surface area contributed by atoms with E-state index in [4.69, 9.17) is 4.74 Å². The Morgan fingerprint density at radius 3 is 2.75 bits per heavy atom. The molecule has 6 heteroatoms. The monoisotopic (exact) mass is 273 g/mol. The molecule has 0 atom stereocenters. The minimum absolute atomic E-state index is 0.0301. The number of hydrogen-bond acceptors (Lipinski definition) is 5. The van der Waals surface area contributed by atoms with Crippen molar-refractivity contribution in [2.75, 3.05) is 7.11 Å². The van der Waals surface area contributed by atoms with Crippen molar-refractivity contribution in [2.45, 2.75) is 13.1 Å². The summed E-state index contributed by atoms with van der Waals surface area (Å²) < 4.78 is 5.07. The van der Waals surface area contributed by atoms with E-state index in [9.17, 15) is 10.1 Å². The Morgan fingerprint density at radius 2 is 2.10 bits per heavy atom. The summed E-state index contributed by atoms with van der Waals surface area (Å²) in [5, 5.41) is 14.1. The fourth-order valence-electron chi connectivity index (χ4n) is 1.82. The van der Waals surface area contributed by atoms with E-state index in [2.05, 4.69) is 10.3 Å². The molecule has 2 rings (SSSR count). The number of aromatic nitrogens is 1. The van der Waals surface area contributed by atoms with Gasteiger partial charge in [0.1, 0.15) is 5.75 Å². The molecule has 6 nitrogen and oxygen atoms in total. The van der Waals surface area contributed by atoms with Gasteiger partial charge in [-0.15, -0.1) is 0 Å². The lowest BCUT2D eigenvalue weighted by Crippen LogP contribution is -2.13. The second-order valence-electron chi connectivity index (χ2n) is 4.26. The highest BCUT2D eigenvalue weighted by Crippen LogP contribution is 2.22. The molecule has 0 aliphatic heterocycles. The molecule has 0 unspecified atom stereocenters. The number of methoxy groups -OCH3 is 1. The molecule has 1 N–H and O–H groups in total. The van der Waals surface area contributed by atoms with Crippen molar-refractivity contribution in [3.63, 3.8) is 0 Å². The summed E-state index contributed by atoms with van der Waals surface area (Å²) in [5.74, 6) is 0.484. The first kappa shape index (κ1) is 14.0. The number of nitrogens with one attached hydrogen (secondary N) is 1. The molecule has 1 heterocycles. The number of non-ortho nitro benzene ring substituents is 1. The van der Waals surface area contributed by atoms with Crippen LogP contribution in [0.4, 0.5) is 5.69 Å². The van der Waals surface area contributed by atoms with Gasteiger partial charge in [-0.3, -0.25) is 15.1 Å². The maximum atomic E-state index is 10.8. The fourth-order valence-corrected chi connectivity index (χ4v) is 1.82. The van der Waals surface area contributed by atoms with Crippen molar-refractivity contribution >= 4 is 5.69 Å². The molecule has 0 fully saturated rings. The number of nitro groups is 1. The van der Waals surface area contributed by atoms with Crippen LogP contribution < -0.4 is 10.1 Å². The Hall–Kier alpha value is -2.47. The number of pyridine rings is 1. The van der Waals surface area contributed by atoms with Gasteiger partial charge in [0.2, 0.25) is 0 Å². The van der Waals surface area contributed by atoms with Crippen LogP contribution in [0.2, 0.25) is 0 Å². The number of nitro benzene ring substituents is 1. The number of hydrogen-bond donors (Lipinski definition) is 1. The largest absolute Gasteiger partial charge is 0.496 e. The molecule has 0 aliphatic carbocycles. The molecular weight excluding hydrogens is 258 g/mol. The van der Waals surface area contributed by atoms with Gasteiger partial charge in [-0.25, -0.2) is 0 Å². The zero-order valence-electron chi connectivity index (χ0n) is 11.1. The summed E-state index contributed by atoms with van der Waals surface area (Å²) in [6.45, 7) is 1.17. The lowest BCUT2D eigenvalue weighted by Gasteiger charge is -2.07. The molecule has 0 spiro atoms. The quantitative estimate of drug-likeness (QED) is 0.645. The first-order valence-electron chi connectivity index (χ1n) is 6.11. The summed E-state index contributed by atoms with van der Waals surface area (Å²) in [6, 6.07) is 8.56. The maximum absolute atomic E-state index is 10.8. The summed E-state index contributed by atoms with van der Waals surface area (Å²) in [5.41, 5.74) is 1.90. The van der Waals surface area contributed by atoms with Crippen molar-refractivity contribution in [3.05, 3.63) is 64.0 Å². The van der Waals surface area contributed by atoms with Crippen LogP contribution in [0.5, 0.6) is 5.75 Å². The highest BCUT2D eigenvalue weighted by molar-refractivity contribution is 5.42. The molecule has 0 saturated carbocycles. The molecule has 0 radical (unpaired) electrons. The van der Waals surface area contributed by atoms with E-state index >= 15 is 0 Å². The third-order valence-electron chi connectivity index (χ3n) is 2.78. The van der Waals surface area contributed by atoms with Crippen molar-refractivity contribution in [1.82, 2.24) is 10.3 Å². The van der Waals surface area contributed by atoms with E-state index < -0.39 is 4.92 Å². The van der Waals surface area contributed by atoms with Crippen LogP contribution in [0.25, 0.3) is 0 Å². The summed E-state index contributed by atoms with van der Waals surface area (Å²) in [4.78, 5) is 14.4. The Kier molecular flexibility index (Phi) is 4.62. The summed E-state index contributed by atoms with van der Waals surface area (Å²) in [6.07, 6.45) is 3.50. The van der Waals surface area contributed by atoms with Crippen LogP contribution in [0, 0.1) is 10.1 Å². The number of nitrogens with zero attached hydrogens (tertiary/aromatic N) is 2. The summed E-state index contributed by atoms with van der Waals surface area (Å²) in [7, 11) is 1.49. The molecule has 1 aromatic heterocycles. The molecule has 20 heavy (non-hydrogen) atoms. The zero-order chi connectivity index (χ0) is 14.4. The van der Waals surface area contributed by atoms with E-state index in [-0.39, 0.29) is 5.69 Å². The molecule has 0 aliphatic rings. The van der Waals surface area contributed by atoms with Crippen LogP contribution in [0.3, 0.4) is 0 Å². The molecule has 0 bridgehead atoms. The van der Waals surface area contributed by atoms with Crippen LogP contribution in [0.15, 0.2) is 42.7 Å². The lowest BCUT2D eigenvalue weighted by molar-refractivity contribution is -0.385. The Bertz CT molecular complexity index is 587. The van der Waals surface area contributed by atoms with Crippen molar-refractivity contribution in [1.29, 1.82) is 0 Å². The van der Waals surface area contributed by atoms with E-state index in [1.165, 1.54) is 13.2 Å². The Labute approximate surface area is 116 Å². The zero-order valence-corrected chi connectivity index (χ0v) is 11.1. The number of ether oxygens (including phenoxy) is 1. The highest BCUT2D eigenvalue weighted by atomic mass is 16.6. The van der Waals surface area contributed by atoms with Gasteiger partial charge < -0.3 is 10.1 Å². The topological polar surface area (TPSA) is 77.3 Å². The molecule has 2 aromatic rings. The number of benzene rings is 1. The molecule has 0 amide bonds. The second-order valence-corrected chi connectivity index (χ2v) is 4.26. The highest BCUT2D eigenvalue weighted by Gasteiger charge is 2.09. The average molecular weight is 273 g/mol. The second kappa shape index (κ2) is 6.63. The Balaban J connectivity index is 2.02. The Morgan fingerprint density at radius 1 is 1.30 bits per heavy atom. The molecule has 0 saturated heterocycles. The van der Waals surface area contributed by atoms with Crippen molar-refractivity contribution in [3.8, 4) is 5.75 Å². The van der Waals surface area contributed by atoms with Crippen LogP contribution in [-0.4, -0.2) is 17.0 Å². The van der Waals surface area contributed by atoms with Gasteiger partial charge in [-0.05, 0) is 23.3 Å². The van der Waals surface area contributed by atoms with Crippen molar-refractivity contribution < 1.29 is 9.66 Å². The molecule has 104 valence electrons. The fraction of sp³-hybridized carbons (Fsp3) is 0.214. The molecule has 1 aromatic carbocycles. The predicted molar refractivity (Wildman–Crippen MR) is 74.4 cm³/mol. The van der Waals surface area contributed by atoms with Gasteiger partial charge >= 0.3 is 0 Å². The van der Waals surface area contributed by atoms with Crippen molar-refractivity contribution in [2.24, 2.45) is 0 Å². The van der Waals surface area contributed by atoms with Crippen LogP contribution >= 0.6 is 0 Å². The van der Waals surface area contributed by atoms with Gasteiger partial charge in [0.25, 0.3) is 5.69 Å². The third kappa shape index (κ3) is 3.76. The van der Waals surface area contributed by atoms with E-state index in [1.54, 1.807) is 24.5 Å². The van der Waals surface area contributed by atoms with Gasteiger partial charge in [0.05, 0.1) is 18.1 Å². The average Bonchev–Trinajstić information content (AvgIpc) is 2.48. The minimum atomic E-state index is -0.423. The lowest BCUT2D eigenvalue weighted by atomic mass is 10.2. The normalized spacial score (nSPS) is 10.2. The first-order chi connectivity index (χ1) is 9.69.